The Balaban J connectivity index is 3.19. The van der Waals surface area contributed by atoms with Crippen molar-refractivity contribution in [1.82, 2.24) is 0 Å². The fourth-order valence-corrected chi connectivity index (χ4v) is 0.648. The average molecular weight is 170 g/mol. The zero-order chi connectivity index (χ0) is 6.15. The van der Waals surface area contributed by atoms with Gasteiger partial charge < -0.3 is 4.42 Å². The third-order valence-electron chi connectivity index (χ3n) is 0.596. The lowest BCUT2D eigenvalue weighted by atomic mass is 10.7. The smallest absolute Gasteiger partial charge is 0.214 e. The van der Waals surface area contributed by atoms with Crippen molar-refractivity contribution in [3.63, 3.8) is 0 Å². The number of hydrogen-bond acceptors (Lipinski definition) is 1. The molecule has 43 valence electrons. The number of hydrogen-bond donors (Lipinski definition) is 0. The summed E-state index contributed by atoms with van der Waals surface area (Å²) in [6.07, 6.45) is 2.26. The van der Waals surface area contributed by atoms with E-state index in [0.717, 1.165) is 0 Å². The van der Waals surface area contributed by atoms with E-state index in [1.54, 1.807) is 0 Å². The lowest BCUT2D eigenvalue weighted by Gasteiger charge is -1.76. The molecule has 0 amide bonds. The quantitative estimate of drug-likeness (QED) is 0.583. The average Bonchev–Trinajstić information content (AvgIpc) is 1.98. The van der Waals surface area contributed by atoms with Crippen LogP contribution in [0.15, 0.2) is 4.42 Å². The van der Waals surface area contributed by atoms with E-state index < -0.39 is 0 Å². The topological polar surface area (TPSA) is 13.1 Å². The molecule has 0 bridgehead atoms. The Labute approximate surface area is 61.1 Å². The maximum atomic E-state index is 5.40. The van der Waals surface area contributed by atoms with Gasteiger partial charge in [-0.3, -0.25) is 0 Å². The van der Waals surface area contributed by atoms with Gasteiger partial charge in [-0.15, -0.1) is 0 Å². The highest BCUT2D eigenvalue weighted by molar-refractivity contribution is 6.47. The summed E-state index contributed by atoms with van der Waals surface area (Å²) in [6, 6.07) is 0. The highest BCUT2D eigenvalue weighted by Gasteiger charge is 2.05. The maximum absolute atomic E-state index is 5.40. The van der Waals surface area contributed by atoms with Gasteiger partial charge in [0.25, 0.3) is 0 Å². The van der Waals surface area contributed by atoms with Crippen LogP contribution in [0.3, 0.4) is 0 Å². The van der Waals surface area contributed by atoms with Crippen molar-refractivity contribution < 1.29 is 4.42 Å². The molecule has 0 N–H and O–H groups in total. The predicted octanol–water partition coefficient (Wildman–Crippen LogP) is 3.04. The molecule has 1 aromatic rings. The maximum Gasteiger partial charge on any atom is 0.214 e. The largest absolute Gasteiger partial charge is 0.438 e. The molecular formula is C4Cl3O. The molecule has 1 heterocycles. The second-order valence-electron chi connectivity index (χ2n) is 1.11. The van der Waals surface area contributed by atoms with Gasteiger partial charge in [0.05, 0.1) is 0 Å². The first-order valence-electron chi connectivity index (χ1n) is 1.73. The highest BCUT2D eigenvalue weighted by Crippen LogP contribution is 2.30. The summed E-state index contributed by atoms with van der Waals surface area (Å²) in [7, 11) is 0. The summed E-state index contributed by atoms with van der Waals surface area (Å²) in [5, 5.41) is 0.515. The van der Waals surface area contributed by atoms with Crippen LogP contribution in [0.5, 0.6) is 0 Å². The number of halogens is 3. The molecule has 0 fully saturated rings. The minimum Gasteiger partial charge on any atom is -0.438 e. The third kappa shape index (κ3) is 0.943. The molecule has 0 atom stereocenters. The molecule has 0 unspecified atom stereocenters. The van der Waals surface area contributed by atoms with Crippen LogP contribution in [0.1, 0.15) is 0 Å². The molecule has 8 heavy (non-hydrogen) atoms. The molecule has 1 rings (SSSR count). The van der Waals surface area contributed by atoms with Crippen LogP contribution in [0.4, 0.5) is 0 Å². The van der Waals surface area contributed by atoms with E-state index in [4.69, 9.17) is 34.8 Å². The first-order valence-corrected chi connectivity index (χ1v) is 2.86. The molecule has 0 saturated heterocycles. The summed E-state index contributed by atoms with van der Waals surface area (Å²) in [4.78, 5) is 0. The van der Waals surface area contributed by atoms with Gasteiger partial charge >= 0.3 is 0 Å². The molecule has 0 aliphatic carbocycles. The van der Waals surface area contributed by atoms with E-state index in [9.17, 15) is 0 Å². The molecule has 1 aromatic heterocycles. The summed E-state index contributed by atoms with van der Waals surface area (Å²) >= 11 is 16.1. The van der Waals surface area contributed by atoms with Gasteiger partial charge in [0.2, 0.25) is 5.22 Å². The molecule has 1 radical (unpaired) electrons. The van der Waals surface area contributed by atoms with Gasteiger partial charge in [-0.1, -0.05) is 23.2 Å². The van der Waals surface area contributed by atoms with Crippen LogP contribution in [-0.2, 0) is 0 Å². The van der Waals surface area contributed by atoms with Crippen molar-refractivity contribution >= 4 is 34.8 Å². The van der Waals surface area contributed by atoms with Crippen molar-refractivity contribution in [2.45, 2.75) is 0 Å². The van der Waals surface area contributed by atoms with Crippen molar-refractivity contribution in [3.05, 3.63) is 21.5 Å². The summed E-state index contributed by atoms with van der Waals surface area (Å²) < 4.78 is 4.47. The van der Waals surface area contributed by atoms with Gasteiger partial charge in [0, 0.05) is 0 Å². The zero-order valence-electron chi connectivity index (χ0n) is 3.54. The predicted molar refractivity (Wildman–Crippen MR) is 32.6 cm³/mol. The van der Waals surface area contributed by atoms with Crippen LogP contribution in [0.2, 0.25) is 15.3 Å². The van der Waals surface area contributed by atoms with Crippen molar-refractivity contribution in [2.75, 3.05) is 0 Å². The summed E-state index contributed by atoms with van der Waals surface area (Å²) in [6.45, 7) is 0. The van der Waals surface area contributed by atoms with E-state index in [2.05, 4.69) is 10.7 Å². The molecular weight excluding hydrogens is 170 g/mol. The molecule has 0 spiro atoms. The Morgan fingerprint density at radius 2 is 1.88 bits per heavy atom. The second kappa shape index (κ2) is 2.18. The van der Waals surface area contributed by atoms with Gasteiger partial charge in [-0.2, -0.15) is 0 Å². The fraction of sp³-hybridized carbons (Fsp3) is 0. The Kier molecular flexibility index (Phi) is 1.71. The number of rotatable bonds is 0. The summed E-state index contributed by atoms with van der Waals surface area (Å²) in [5.41, 5.74) is 0. The monoisotopic (exact) mass is 169 g/mol. The van der Waals surface area contributed by atoms with Crippen LogP contribution < -0.4 is 0 Å². The highest BCUT2D eigenvalue weighted by atomic mass is 35.5. The minimum atomic E-state index is 0.0802. The fourth-order valence-electron chi connectivity index (χ4n) is 0.265. The standard InChI is InChI=1S/C4Cl3O/c5-2-1-8-4(7)3(2)6. The van der Waals surface area contributed by atoms with E-state index in [0.29, 0.717) is 0 Å². The zero-order valence-corrected chi connectivity index (χ0v) is 5.81. The van der Waals surface area contributed by atoms with Crippen molar-refractivity contribution in [1.29, 1.82) is 0 Å². The number of furan rings is 1. The first-order chi connectivity index (χ1) is 3.72. The lowest BCUT2D eigenvalue weighted by molar-refractivity contribution is 0.560. The van der Waals surface area contributed by atoms with E-state index in [1.807, 2.05) is 0 Å². The van der Waals surface area contributed by atoms with E-state index in [1.165, 1.54) is 0 Å². The lowest BCUT2D eigenvalue weighted by Crippen LogP contribution is -1.51. The SMILES string of the molecule is Clc1[c]oc(Cl)c1Cl. The van der Waals surface area contributed by atoms with Gasteiger partial charge in [0.1, 0.15) is 10.0 Å². The Morgan fingerprint density at radius 3 is 2.00 bits per heavy atom. The normalized spacial score (nSPS) is 9.88. The molecule has 0 aromatic carbocycles. The molecule has 4 heteroatoms. The molecule has 0 aliphatic heterocycles. The minimum absolute atomic E-state index is 0.0802. The van der Waals surface area contributed by atoms with Crippen LogP contribution >= 0.6 is 34.8 Å². The molecule has 1 nitrogen and oxygen atoms in total. The first kappa shape index (κ1) is 6.27. The Hall–Kier alpha value is 0.150. The molecule has 0 aliphatic rings. The third-order valence-corrected chi connectivity index (χ3v) is 1.68. The van der Waals surface area contributed by atoms with Crippen LogP contribution in [-0.4, -0.2) is 0 Å². The summed E-state index contributed by atoms with van der Waals surface area (Å²) in [5.74, 6) is 0. The van der Waals surface area contributed by atoms with Crippen LogP contribution in [0.25, 0.3) is 0 Å². The van der Waals surface area contributed by atoms with Gasteiger partial charge in [-0.25, -0.2) is 0 Å². The molecule has 0 saturated carbocycles. The van der Waals surface area contributed by atoms with Crippen molar-refractivity contribution in [2.24, 2.45) is 0 Å². The van der Waals surface area contributed by atoms with E-state index >= 15 is 0 Å². The van der Waals surface area contributed by atoms with Crippen molar-refractivity contribution in [3.8, 4) is 0 Å². The van der Waals surface area contributed by atoms with E-state index in [-0.39, 0.29) is 15.3 Å². The van der Waals surface area contributed by atoms with Gasteiger partial charge in [0.15, 0.2) is 6.26 Å². The Morgan fingerprint density at radius 1 is 1.25 bits per heavy atom. The second-order valence-corrected chi connectivity index (χ2v) is 2.21. The van der Waals surface area contributed by atoms with Gasteiger partial charge in [-0.05, 0) is 11.6 Å². The Bertz CT molecular complexity index is 174. The van der Waals surface area contributed by atoms with Crippen LogP contribution in [0, 0.1) is 6.26 Å².